The minimum Gasteiger partial charge on any atom is -0.472 e. The molecule has 0 aliphatic carbocycles. The van der Waals surface area contributed by atoms with Gasteiger partial charge in [0.25, 0.3) is 0 Å². The Bertz CT molecular complexity index is 1070. The molecule has 4 heterocycles. The van der Waals surface area contributed by atoms with Crippen molar-refractivity contribution in [2.24, 2.45) is 0 Å². The average molecular weight is 447 g/mol. The van der Waals surface area contributed by atoms with Gasteiger partial charge >= 0.3 is 0 Å². The molecule has 2 aromatic heterocycles. The maximum absolute atomic E-state index is 6.16. The molecular weight excluding hydrogens is 408 g/mol. The second-order valence-corrected chi connectivity index (χ2v) is 10.0. The molecule has 2 aliphatic rings. The molecule has 5 heteroatoms. The van der Waals surface area contributed by atoms with E-state index in [0.717, 1.165) is 38.4 Å². The van der Waals surface area contributed by atoms with Crippen molar-refractivity contribution in [1.29, 1.82) is 0 Å². The molecular formula is C28H38N4O. The number of fused-ring (bicyclic) bond motifs is 3. The lowest BCUT2D eigenvalue weighted by molar-refractivity contribution is 0.0174. The summed E-state index contributed by atoms with van der Waals surface area (Å²) in [4.78, 5) is 11.0. The van der Waals surface area contributed by atoms with Crippen LogP contribution in [0, 0.1) is 0 Å². The third-order valence-electron chi connectivity index (χ3n) is 7.38. The van der Waals surface area contributed by atoms with E-state index in [1.807, 2.05) is 6.20 Å². The van der Waals surface area contributed by atoms with Crippen LogP contribution in [-0.2, 0) is 12.0 Å². The first-order chi connectivity index (χ1) is 16.1. The lowest BCUT2D eigenvalue weighted by Crippen LogP contribution is -2.54. The number of benzene rings is 1. The normalized spacial score (nSPS) is 23.4. The fraction of sp³-hybridized carbons (Fsp3) is 0.536. The van der Waals surface area contributed by atoms with Gasteiger partial charge in [-0.05, 0) is 56.0 Å². The third kappa shape index (κ3) is 4.29. The molecule has 0 spiro atoms. The summed E-state index contributed by atoms with van der Waals surface area (Å²) in [5.41, 5.74) is 4.99. The standard InChI is InChI=1S/C28H38N4O/c1-4-6-9-14-28(21-12-13-26(29-17-21)33-22-18-32(19-22)15-5-2)27-24(16-20(3)31-28)23-10-7-8-11-25(23)30-27/h7-8,10-13,17,20,22,30-31H,4-6,9,14-16,18-19H2,1-3H3. The number of aromatic nitrogens is 2. The van der Waals surface area contributed by atoms with Crippen molar-refractivity contribution in [1.82, 2.24) is 20.2 Å². The zero-order valence-corrected chi connectivity index (χ0v) is 20.4. The summed E-state index contributed by atoms with van der Waals surface area (Å²) in [6.07, 6.45) is 9.23. The first-order valence-corrected chi connectivity index (χ1v) is 12.9. The van der Waals surface area contributed by atoms with Crippen molar-refractivity contribution in [2.45, 2.75) is 77.0 Å². The lowest BCUT2D eigenvalue weighted by atomic mass is 9.76. The molecule has 2 N–H and O–H groups in total. The Balaban J connectivity index is 1.46. The zero-order valence-electron chi connectivity index (χ0n) is 20.4. The Morgan fingerprint density at radius 2 is 1.94 bits per heavy atom. The predicted molar refractivity (Wildman–Crippen MR) is 135 cm³/mol. The van der Waals surface area contributed by atoms with Crippen molar-refractivity contribution in [2.75, 3.05) is 19.6 Å². The molecule has 5 rings (SSSR count). The van der Waals surface area contributed by atoms with Gasteiger partial charge in [0.15, 0.2) is 0 Å². The molecule has 33 heavy (non-hydrogen) atoms. The number of hydrogen-bond acceptors (Lipinski definition) is 4. The molecule has 1 fully saturated rings. The average Bonchev–Trinajstić information content (AvgIpc) is 3.17. The van der Waals surface area contributed by atoms with E-state index in [1.54, 1.807) is 0 Å². The molecule has 0 radical (unpaired) electrons. The van der Waals surface area contributed by atoms with Crippen LogP contribution in [0.25, 0.3) is 10.9 Å². The van der Waals surface area contributed by atoms with Crippen molar-refractivity contribution in [3.8, 4) is 5.88 Å². The van der Waals surface area contributed by atoms with E-state index in [2.05, 4.69) is 72.4 Å². The number of nitrogens with zero attached hydrogens (tertiary/aromatic N) is 2. The highest BCUT2D eigenvalue weighted by Gasteiger charge is 2.42. The van der Waals surface area contributed by atoms with Crippen LogP contribution < -0.4 is 10.1 Å². The number of pyridine rings is 1. The van der Waals surface area contributed by atoms with Gasteiger partial charge in [-0.3, -0.25) is 10.2 Å². The quantitative estimate of drug-likeness (QED) is 0.433. The van der Waals surface area contributed by atoms with E-state index in [9.17, 15) is 0 Å². The second-order valence-electron chi connectivity index (χ2n) is 10.0. The Labute approximate surface area is 197 Å². The number of H-pyrrole nitrogens is 1. The number of hydrogen-bond donors (Lipinski definition) is 2. The van der Waals surface area contributed by atoms with Gasteiger partial charge in [-0.1, -0.05) is 51.3 Å². The number of para-hydroxylation sites is 1. The number of rotatable bonds is 9. The van der Waals surface area contributed by atoms with Gasteiger partial charge < -0.3 is 9.72 Å². The number of aromatic amines is 1. The lowest BCUT2D eigenvalue weighted by Gasteiger charge is -2.42. The second kappa shape index (κ2) is 9.47. The zero-order chi connectivity index (χ0) is 22.8. The highest BCUT2D eigenvalue weighted by Crippen LogP contribution is 2.42. The molecule has 5 nitrogen and oxygen atoms in total. The summed E-state index contributed by atoms with van der Waals surface area (Å²) in [6, 6.07) is 13.4. The summed E-state index contributed by atoms with van der Waals surface area (Å²) < 4.78 is 6.16. The fourth-order valence-corrected chi connectivity index (χ4v) is 5.80. The van der Waals surface area contributed by atoms with Gasteiger partial charge in [-0.2, -0.15) is 0 Å². The molecule has 3 aromatic rings. The molecule has 1 aromatic carbocycles. The smallest absolute Gasteiger partial charge is 0.213 e. The molecule has 0 saturated carbocycles. The van der Waals surface area contributed by atoms with E-state index in [4.69, 9.17) is 9.72 Å². The summed E-state index contributed by atoms with van der Waals surface area (Å²) in [6.45, 7) is 9.98. The van der Waals surface area contributed by atoms with Gasteiger partial charge in [0, 0.05) is 48.0 Å². The van der Waals surface area contributed by atoms with Crippen LogP contribution in [0.5, 0.6) is 5.88 Å². The maximum atomic E-state index is 6.16. The highest BCUT2D eigenvalue weighted by atomic mass is 16.5. The predicted octanol–water partition coefficient (Wildman–Crippen LogP) is 5.39. The van der Waals surface area contributed by atoms with Crippen LogP contribution in [0.4, 0.5) is 0 Å². The Kier molecular flexibility index (Phi) is 6.44. The largest absolute Gasteiger partial charge is 0.472 e. The molecule has 2 unspecified atom stereocenters. The van der Waals surface area contributed by atoms with Crippen LogP contribution >= 0.6 is 0 Å². The number of likely N-dealkylation sites (tertiary alicyclic amines) is 1. The highest BCUT2D eigenvalue weighted by molar-refractivity contribution is 5.85. The number of unbranched alkanes of at least 4 members (excludes halogenated alkanes) is 2. The number of nitrogens with one attached hydrogen (secondary N) is 2. The Morgan fingerprint density at radius 3 is 2.70 bits per heavy atom. The van der Waals surface area contributed by atoms with Crippen molar-refractivity contribution in [3.63, 3.8) is 0 Å². The maximum Gasteiger partial charge on any atom is 0.213 e. The van der Waals surface area contributed by atoms with E-state index in [1.165, 1.54) is 53.4 Å². The monoisotopic (exact) mass is 446 g/mol. The van der Waals surface area contributed by atoms with Crippen molar-refractivity contribution < 1.29 is 4.74 Å². The molecule has 176 valence electrons. The Morgan fingerprint density at radius 1 is 1.09 bits per heavy atom. The minimum atomic E-state index is -0.249. The molecule has 1 saturated heterocycles. The summed E-state index contributed by atoms with van der Waals surface area (Å²) in [7, 11) is 0. The van der Waals surface area contributed by atoms with E-state index in [0.29, 0.717) is 6.04 Å². The summed E-state index contributed by atoms with van der Waals surface area (Å²) >= 11 is 0. The Hall–Kier alpha value is -2.37. The molecule has 2 aliphatic heterocycles. The van der Waals surface area contributed by atoms with Crippen LogP contribution in [0.1, 0.15) is 69.7 Å². The van der Waals surface area contributed by atoms with Gasteiger partial charge in [-0.25, -0.2) is 4.98 Å². The van der Waals surface area contributed by atoms with Crippen molar-refractivity contribution >= 4 is 10.9 Å². The topological polar surface area (TPSA) is 53.2 Å². The molecule has 2 atom stereocenters. The number of ether oxygens (including phenoxy) is 1. The molecule has 0 amide bonds. The van der Waals surface area contributed by atoms with E-state index in [-0.39, 0.29) is 11.6 Å². The molecule has 0 bridgehead atoms. The third-order valence-corrected chi connectivity index (χ3v) is 7.38. The van der Waals surface area contributed by atoms with Crippen LogP contribution in [-0.4, -0.2) is 46.6 Å². The minimum absolute atomic E-state index is 0.249. The van der Waals surface area contributed by atoms with E-state index >= 15 is 0 Å². The van der Waals surface area contributed by atoms with Gasteiger partial charge in [0.1, 0.15) is 6.10 Å². The van der Waals surface area contributed by atoms with Gasteiger partial charge in [-0.15, -0.1) is 0 Å². The summed E-state index contributed by atoms with van der Waals surface area (Å²) in [5.74, 6) is 0.740. The fourth-order valence-electron chi connectivity index (χ4n) is 5.80. The SMILES string of the molecule is CCCCCC1(c2ccc(OC3CN(CCC)C3)nc2)NC(C)Cc2c1[nH]c1ccccc21. The first-order valence-electron chi connectivity index (χ1n) is 12.9. The van der Waals surface area contributed by atoms with Gasteiger partial charge in [0.2, 0.25) is 5.88 Å². The van der Waals surface area contributed by atoms with Crippen LogP contribution in [0.3, 0.4) is 0 Å². The van der Waals surface area contributed by atoms with Gasteiger partial charge in [0.05, 0.1) is 5.54 Å². The van der Waals surface area contributed by atoms with Crippen molar-refractivity contribution in [3.05, 3.63) is 59.4 Å². The van der Waals surface area contributed by atoms with Crippen LogP contribution in [0.15, 0.2) is 42.6 Å². The first kappa shape index (κ1) is 22.4. The van der Waals surface area contributed by atoms with E-state index < -0.39 is 0 Å². The summed E-state index contributed by atoms with van der Waals surface area (Å²) in [5, 5.41) is 5.36. The van der Waals surface area contributed by atoms with Crippen LogP contribution in [0.2, 0.25) is 0 Å².